The van der Waals surface area contributed by atoms with E-state index >= 15 is 0 Å². The van der Waals surface area contributed by atoms with Gasteiger partial charge in [-0.2, -0.15) is 0 Å². The molecule has 2 amide bonds. The van der Waals surface area contributed by atoms with Crippen molar-refractivity contribution in [1.82, 2.24) is 10.5 Å². The molecule has 0 saturated heterocycles. The maximum atomic E-state index is 12.3. The predicted octanol–water partition coefficient (Wildman–Crippen LogP) is 3.54. The van der Waals surface area contributed by atoms with Crippen LogP contribution in [0.5, 0.6) is 0 Å². The molecule has 0 aliphatic heterocycles. The third-order valence-corrected chi connectivity index (χ3v) is 3.95. The van der Waals surface area contributed by atoms with Crippen LogP contribution in [0.15, 0.2) is 59.1 Å². The second-order valence-corrected chi connectivity index (χ2v) is 5.98. The summed E-state index contributed by atoms with van der Waals surface area (Å²) in [5.41, 5.74) is 2.15. The molecule has 7 heteroatoms. The number of para-hydroxylation sites is 1. The summed E-state index contributed by atoms with van der Waals surface area (Å²) in [5.74, 6) is -0.0140. The summed E-state index contributed by atoms with van der Waals surface area (Å²) in [5, 5.41) is 9.82. The summed E-state index contributed by atoms with van der Waals surface area (Å²) in [6, 6.07) is 15.6. The highest BCUT2D eigenvalue weighted by Gasteiger charge is 2.14. The number of anilines is 1. The van der Waals surface area contributed by atoms with E-state index in [2.05, 4.69) is 15.8 Å². The molecule has 6 nitrogen and oxygen atoms in total. The molecule has 1 aromatic heterocycles. The van der Waals surface area contributed by atoms with Gasteiger partial charge in [0, 0.05) is 23.7 Å². The number of carbonyl (C=O) groups excluding carboxylic acids is 2. The van der Waals surface area contributed by atoms with Crippen molar-refractivity contribution in [3.05, 3.63) is 70.9 Å². The van der Waals surface area contributed by atoms with Crippen molar-refractivity contribution in [3.63, 3.8) is 0 Å². The minimum atomic E-state index is -0.294. The second-order valence-electron chi connectivity index (χ2n) is 5.54. The number of nitrogens with one attached hydrogen (secondary N) is 2. The predicted molar refractivity (Wildman–Crippen MR) is 99.1 cm³/mol. The van der Waals surface area contributed by atoms with E-state index < -0.39 is 0 Å². The number of benzene rings is 2. The van der Waals surface area contributed by atoms with E-state index in [0.29, 0.717) is 27.7 Å². The van der Waals surface area contributed by atoms with Crippen LogP contribution >= 0.6 is 11.6 Å². The summed E-state index contributed by atoms with van der Waals surface area (Å²) in [7, 11) is 1.54. The molecule has 0 atom stereocenters. The second kappa shape index (κ2) is 7.84. The number of amides is 2. The van der Waals surface area contributed by atoms with Gasteiger partial charge in [-0.1, -0.05) is 28.9 Å². The van der Waals surface area contributed by atoms with Crippen molar-refractivity contribution in [2.45, 2.75) is 6.42 Å². The van der Waals surface area contributed by atoms with Crippen molar-refractivity contribution in [2.24, 2.45) is 0 Å². The molecule has 0 unspecified atom stereocenters. The van der Waals surface area contributed by atoms with Gasteiger partial charge >= 0.3 is 0 Å². The van der Waals surface area contributed by atoms with Gasteiger partial charge < -0.3 is 15.2 Å². The van der Waals surface area contributed by atoms with Crippen LogP contribution in [0.1, 0.15) is 16.1 Å². The number of halogens is 1. The summed E-state index contributed by atoms with van der Waals surface area (Å²) in [6.45, 7) is 0. The van der Waals surface area contributed by atoms with E-state index in [0.717, 1.165) is 5.56 Å². The Kier molecular flexibility index (Phi) is 5.34. The number of hydrogen-bond acceptors (Lipinski definition) is 4. The molecule has 26 heavy (non-hydrogen) atoms. The highest BCUT2D eigenvalue weighted by atomic mass is 35.5. The Morgan fingerprint density at radius 3 is 2.58 bits per heavy atom. The maximum absolute atomic E-state index is 12.3. The highest BCUT2D eigenvalue weighted by Crippen LogP contribution is 2.23. The number of hydrogen-bond donors (Lipinski definition) is 2. The molecule has 0 radical (unpaired) electrons. The molecule has 0 spiro atoms. The zero-order valence-corrected chi connectivity index (χ0v) is 14.7. The van der Waals surface area contributed by atoms with E-state index in [9.17, 15) is 9.59 Å². The molecule has 0 fully saturated rings. The van der Waals surface area contributed by atoms with Crippen molar-refractivity contribution in [1.29, 1.82) is 0 Å². The molecular weight excluding hydrogens is 354 g/mol. The normalized spacial score (nSPS) is 10.4. The van der Waals surface area contributed by atoms with Crippen molar-refractivity contribution in [2.75, 3.05) is 12.4 Å². The molecule has 132 valence electrons. The van der Waals surface area contributed by atoms with Crippen molar-refractivity contribution < 1.29 is 14.1 Å². The lowest BCUT2D eigenvalue weighted by molar-refractivity contribution is -0.115. The van der Waals surface area contributed by atoms with Crippen LogP contribution in [-0.4, -0.2) is 24.0 Å². The van der Waals surface area contributed by atoms with E-state index in [-0.39, 0.29) is 18.2 Å². The Morgan fingerprint density at radius 2 is 1.85 bits per heavy atom. The number of aromatic nitrogens is 1. The zero-order chi connectivity index (χ0) is 18.5. The standard InChI is InChI=1S/C19H16ClN3O3/c1-21-19(25)15-4-2-3-5-16(15)22-18(24)11-14-10-17(26-23-14)12-6-8-13(20)9-7-12/h2-10H,11H2,1H3,(H,21,25)(H,22,24). The first kappa shape index (κ1) is 17.7. The molecule has 0 aliphatic carbocycles. The average molecular weight is 370 g/mol. The van der Waals surface area contributed by atoms with Crippen LogP contribution < -0.4 is 10.6 Å². The highest BCUT2D eigenvalue weighted by molar-refractivity contribution is 6.30. The van der Waals surface area contributed by atoms with Gasteiger partial charge in [0.1, 0.15) is 0 Å². The average Bonchev–Trinajstić information content (AvgIpc) is 3.10. The fraction of sp³-hybridized carbons (Fsp3) is 0.105. The van der Waals surface area contributed by atoms with Crippen LogP contribution in [0.25, 0.3) is 11.3 Å². The SMILES string of the molecule is CNC(=O)c1ccccc1NC(=O)Cc1cc(-c2ccc(Cl)cc2)on1. The van der Waals surface area contributed by atoms with Gasteiger partial charge in [-0.15, -0.1) is 0 Å². The maximum Gasteiger partial charge on any atom is 0.253 e. The van der Waals surface area contributed by atoms with Crippen LogP contribution in [0, 0.1) is 0 Å². The van der Waals surface area contributed by atoms with Gasteiger partial charge in [0.25, 0.3) is 5.91 Å². The van der Waals surface area contributed by atoms with E-state index in [1.807, 2.05) is 12.1 Å². The first-order valence-electron chi connectivity index (χ1n) is 7.89. The number of carbonyl (C=O) groups is 2. The summed E-state index contributed by atoms with van der Waals surface area (Å²) < 4.78 is 5.28. The summed E-state index contributed by atoms with van der Waals surface area (Å²) >= 11 is 5.87. The topological polar surface area (TPSA) is 84.2 Å². The van der Waals surface area contributed by atoms with Gasteiger partial charge in [-0.25, -0.2) is 0 Å². The minimum absolute atomic E-state index is 0.0270. The minimum Gasteiger partial charge on any atom is -0.356 e. The van der Waals surface area contributed by atoms with Gasteiger partial charge in [-0.05, 0) is 36.4 Å². The first-order chi connectivity index (χ1) is 12.6. The summed E-state index contributed by atoms with van der Waals surface area (Å²) in [6.07, 6.45) is 0.0270. The molecule has 0 bridgehead atoms. The van der Waals surface area contributed by atoms with Crippen LogP contribution in [-0.2, 0) is 11.2 Å². The van der Waals surface area contributed by atoms with Crippen LogP contribution in [0.2, 0.25) is 5.02 Å². The summed E-state index contributed by atoms with van der Waals surface area (Å²) in [4.78, 5) is 24.2. The zero-order valence-electron chi connectivity index (χ0n) is 14.0. The molecule has 0 aliphatic rings. The van der Waals surface area contributed by atoms with Gasteiger partial charge in [0.2, 0.25) is 5.91 Å². The molecule has 2 N–H and O–H groups in total. The molecular formula is C19H16ClN3O3. The molecule has 3 aromatic rings. The monoisotopic (exact) mass is 369 g/mol. The lowest BCUT2D eigenvalue weighted by atomic mass is 10.1. The molecule has 1 heterocycles. The molecule has 3 rings (SSSR count). The van der Waals surface area contributed by atoms with Crippen molar-refractivity contribution >= 4 is 29.1 Å². The third kappa shape index (κ3) is 4.10. The number of nitrogens with zero attached hydrogens (tertiary/aromatic N) is 1. The lowest BCUT2D eigenvalue weighted by Crippen LogP contribution is -2.22. The number of rotatable bonds is 5. The van der Waals surface area contributed by atoms with Gasteiger partial charge in [0.15, 0.2) is 5.76 Å². The largest absolute Gasteiger partial charge is 0.356 e. The third-order valence-electron chi connectivity index (χ3n) is 3.70. The molecule has 0 saturated carbocycles. The lowest BCUT2D eigenvalue weighted by Gasteiger charge is -2.09. The quantitative estimate of drug-likeness (QED) is 0.720. The Morgan fingerprint density at radius 1 is 1.12 bits per heavy atom. The Bertz CT molecular complexity index is 935. The van der Waals surface area contributed by atoms with Gasteiger partial charge in [0.05, 0.1) is 23.4 Å². The van der Waals surface area contributed by atoms with Crippen LogP contribution in [0.3, 0.4) is 0 Å². The van der Waals surface area contributed by atoms with Crippen molar-refractivity contribution in [3.8, 4) is 11.3 Å². The fourth-order valence-electron chi connectivity index (χ4n) is 2.43. The smallest absolute Gasteiger partial charge is 0.253 e. The first-order valence-corrected chi connectivity index (χ1v) is 8.27. The van der Waals surface area contributed by atoms with Gasteiger partial charge in [-0.3, -0.25) is 9.59 Å². The Balaban J connectivity index is 1.70. The van der Waals surface area contributed by atoms with Crippen LogP contribution in [0.4, 0.5) is 5.69 Å². The Labute approximate surface area is 155 Å². The van der Waals surface area contributed by atoms with E-state index in [1.165, 1.54) is 7.05 Å². The molecule has 2 aromatic carbocycles. The van der Waals surface area contributed by atoms with E-state index in [4.69, 9.17) is 16.1 Å². The fourth-order valence-corrected chi connectivity index (χ4v) is 2.56. The Hall–Kier alpha value is -3.12. The van der Waals surface area contributed by atoms with E-state index in [1.54, 1.807) is 42.5 Å².